The second-order valence-electron chi connectivity index (χ2n) is 7.49. The standard InChI is InChI=1S/C28H23BrClNO3/c1-2-33-26-17-19(16-23(29)28(26)34-18-21-9-4-6-12-24(21)30)14-15-27(32)31-25-13-7-10-20-8-3-5-11-22(20)25/h3-17H,2,18H2,1H3,(H,31,32)/b15-14+. The zero-order chi connectivity index (χ0) is 23.9. The van der Waals surface area contributed by atoms with Gasteiger partial charge in [0.25, 0.3) is 0 Å². The number of fused-ring (bicyclic) bond motifs is 1. The highest BCUT2D eigenvalue weighted by Gasteiger charge is 2.13. The maximum absolute atomic E-state index is 12.6. The fourth-order valence-corrected chi connectivity index (χ4v) is 4.30. The van der Waals surface area contributed by atoms with Gasteiger partial charge in [0.05, 0.1) is 11.1 Å². The first-order valence-corrected chi connectivity index (χ1v) is 12.0. The van der Waals surface area contributed by atoms with Gasteiger partial charge in [0.15, 0.2) is 11.5 Å². The van der Waals surface area contributed by atoms with Crippen LogP contribution in [0.3, 0.4) is 0 Å². The van der Waals surface area contributed by atoms with E-state index in [1.807, 2.05) is 85.8 Å². The minimum absolute atomic E-state index is 0.218. The van der Waals surface area contributed by atoms with Gasteiger partial charge in [-0.25, -0.2) is 0 Å². The molecular formula is C28H23BrClNO3. The Kier molecular flexibility index (Phi) is 7.88. The van der Waals surface area contributed by atoms with Crippen LogP contribution in [0.4, 0.5) is 5.69 Å². The molecule has 0 fully saturated rings. The van der Waals surface area contributed by atoms with Crippen LogP contribution in [0.15, 0.2) is 89.4 Å². The van der Waals surface area contributed by atoms with Crippen molar-refractivity contribution >= 4 is 56.0 Å². The molecule has 0 radical (unpaired) electrons. The van der Waals surface area contributed by atoms with Gasteiger partial charge >= 0.3 is 0 Å². The molecule has 0 aliphatic carbocycles. The van der Waals surface area contributed by atoms with E-state index in [4.69, 9.17) is 21.1 Å². The molecule has 0 unspecified atom stereocenters. The fraction of sp³-hybridized carbons (Fsp3) is 0.107. The van der Waals surface area contributed by atoms with Crippen LogP contribution in [0.5, 0.6) is 11.5 Å². The second kappa shape index (κ2) is 11.2. The Bertz CT molecular complexity index is 1350. The summed E-state index contributed by atoms with van der Waals surface area (Å²) in [4.78, 5) is 12.6. The van der Waals surface area contributed by atoms with Crippen LogP contribution < -0.4 is 14.8 Å². The van der Waals surface area contributed by atoms with E-state index in [0.717, 1.165) is 32.1 Å². The predicted molar refractivity (Wildman–Crippen MR) is 143 cm³/mol. The van der Waals surface area contributed by atoms with Crippen molar-refractivity contribution in [2.75, 3.05) is 11.9 Å². The van der Waals surface area contributed by atoms with E-state index in [1.54, 1.807) is 6.08 Å². The van der Waals surface area contributed by atoms with E-state index in [9.17, 15) is 4.79 Å². The third-order valence-electron chi connectivity index (χ3n) is 5.14. The van der Waals surface area contributed by atoms with Crippen molar-refractivity contribution in [1.82, 2.24) is 0 Å². The Labute approximate surface area is 212 Å². The molecule has 0 saturated heterocycles. The summed E-state index contributed by atoms with van der Waals surface area (Å²) in [5.74, 6) is 0.946. The fourth-order valence-electron chi connectivity index (χ4n) is 3.53. The van der Waals surface area contributed by atoms with Gasteiger partial charge in [0, 0.05) is 27.7 Å². The first-order valence-electron chi connectivity index (χ1n) is 10.8. The van der Waals surface area contributed by atoms with Crippen LogP contribution in [0.25, 0.3) is 16.8 Å². The monoisotopic (exact) mass is 535 g/mol. The summed E-state index contributed by atoms with van der Waals surface area (Å²) >= 11 is 9.82. The number of nitrogens with one attached hydrogen (secondary N) is 1. The van der Waals surface area contributed by atoms with Gasteiger partial charge in [0.2, 0.25) is 5.91 Å². The van der Waals surface area contributed by atoms with Gasteiger partial charge in [-0.2, -0.15) is 0 Å². The Balaban J connectivity index is 1.51. The lowest BCUT2D eigenvalue weighted by molar-refractivity contribution is -0.111. The molecule has 0 aromatic heterocycles. The summed E-state index contributed by atoms with van der Waals surface area (Å²) in [7, 11) is 0. The Morgan fingerprint density at radius 3 is 2.59 bits per heavy atom. The summed E-state index contributed by atoms with van der Waals surface area (Å²) in [6.45, 7) is 2.69. The molecular weight excluding hydrogens is 514 g/mol. The molecule has 0 aliphatic heterocycles. The average molecular weight is 537 g/mol. The van der Waals surface area contributed by atoms with Crippen LogP contribution in [-0.2, 0) is 11.4 Å². The zero-order valence-electron chi connectivity index (χ0n) is 18.6. The summed E-state index contributed by atoms with van der Waals surface area (Å²) in [6, 6.07) is 25.0. The van der Waals surface area contributed by atoms with Gasteiger partial charge in [0.1, 0.15) is 6.61 Å². The highest BCUT2D eigenvalue weighted by atomic mass is 79.9. The molecule has 0 bridgehead atoms. The number of ether oxygens (including phenoxy) is 2. The number of anilines is 1. The molecule has 1 N–H and O–H groups in total. The van der Waals surface area contributed by atoms with Crippen molar-refractivity contribution in [2.24, 2.45) is 0 Å². The number of carbonyl (C=O) groups excluding carboxylic acids is 1. The van der Waals surface area contributed by atoms with Crippen LogP contribution in [0.1, 0.15) is 18.1 Å². The van der Waals surface area contributed by atoms with Crippen molar-refractivity contribution < 1.29 is 14.3 Å². The Morgan fingerprint density at radius 1 is 1.00 bits per heavy atom. The molecule has 4 nitrogen and oxygen atoms in total. The van der Waals surface area contributed by atoms with E-state index in [-0.39, 0.29) is 5.91 Å². The van der Waals surface area contributed by atoms with Gasteiger partial charge < -0.3 is 14.8 Å². The van der Waals surface area contributed by atoms with Gasteiger partial charge in [-0.15, -0.1) is 0 Å². The second-order valence-corrected chi connectivity index (χ2v) is 8.75. The predicted octanol–water partition coefficient (Wildman–Crippen LogP) is 7.89. The summed E-state index contributed by atoms with van der Waals surface area (Å²) < 4.78 is 12.6. The molecule has 4 rings (SSSR count). The molecule has 4 aromatic carbocycles. The number of halogens is 2. The van der Waals surface area contributed by atoms with E-state index in [1.165, 1.54) is 6.08 Å². The molecule has 1 amide bonds. The third kappa shape index (κ3) is 5.79. The molecule has 6 heteroatoms. The van der Waals surface area contributed by atoms with Crippen LogP contribution in [-0.4, -0.2) is 12.5 Å². The maximum Gasteiger partial charge on any atom is 0.248 e. The topological polar surface area (TPSA) is 47.6 Å². The Morgan fingerprint density at radius 2 is 1.76 bits per heavy atom. The smallest absolute Gasteiger partial charge is 0.248 e. The summed E-state index contributed by atoms with van der Waals surface area (Å²) in [5, 5.41) is 5.67. The maximum atomic E-state index is 12.6. The number of amides is 1. The van der Waals surface area contributed by atoms with Crippen molar-refractivity contribution in [3.8, 4) is 11.5 Å². The quantitative estimate of drug-likeness (QED) is 0.233. The molecule has 0 spiro atoms. The van der Waals surface area contributed by atoms with Crippen molar-refractivity contribution in [2.45, 2.75) is 13.5 Å². The van der Waals surface area contributed by atoms with Gasteiger partial charge in [-0.3, -0.25) is 4.79 Å². The molecule has 0 atom stereocenters. The molecule has 34 heavy (non-hydrogen) atoms. The number of hydrogen-bond acceptors (Lipinski definition) is 3. The molecule has 4 aromatic rings. The third-order valence-corrected chi connectivity index (χ3v) is 6.09. The van der Waals surface area contributed by atoms with Crippen LogP contribution in [0.2, 0.25) is 5.02 Å². The van der Waals surface area contributed by atoms with E-state index >= 15 is 0 Å². The van der Waals surface area contributed by atoms with Crippen LogP contribution >= 0.6 is 27.5 Å². The number of carbonyl (C=O) groups is 1. The largest absolute Gasteiger partial charge is 0.490 e. The molecule has 172 valence electrons. The van der Waals surface area contributed by atoms with Crippen LogP contribution in [0, 0.1) is 0 Å². The minimum Gasteiger partial charge on any atom is -0.490 e. The van der Waals surface area contributed by atoms with Crippen molar-refractivity contribution in [3.63, 3.8) is 0 Å². The minimum atomic E-state index is -0.218. The van der Waals surface area contributed by atoms with Crippen molar-refractivity contribution in [1.29, 1.82) is 0 Å². The van der Waals surface area contributed by atoms with Crippen molar-refractivity contribution in [3.05, 3.63) is 106 Å². The van der Waals surface area contributed by atoms with E-state index in [2.05, 4.69) is 21.2 Å². The lowest BCUT2D eigenvalue weighted by Crippen LogP contribution is -2.08. The lowest BCUT2D eigenvalue weighted by Gasteiger charge is -2.15. The lowest BCUT2D eigenvalue weighted by atomic mass is 10.1. The molecule has 0 aliphatic rings. The SMILES string of the molecule is CCOc1cc(/C=C/C(=O)Nc2cccc3ccccc23)cc(Br)c1OCc1ccccc1Cl. The van der Waals surface area contributed by atoms with Gasteiger partial charge in [-0.1, -0.05) is 66.2 Å². The molecule has 0 heterocycles. The Hall–Kier alpha value is -3.28. The number of rotatable bonds is 8. The number of hydrogen-bond donors (Lipinski definition) is 1. The first kappa shape index (κ1) is 23.9. The van der Waals surface area contributed by atoms with E-state index < -0.39 is 0 Å². The molecule has 0 saturated carbocycles. The summed E-state index contributed by atoms with van der Waals surface area (Å²) in [6.07, 6.45) is 3.25. The first-order chi connectivity index (χ1) is 16.5. The average Bonchev–Trinajstić information content (AvgIpc) is 2.84. The zero-order valence-corrected chi connectivity index (χ0v) is 20.9. The number of benzene rings is 4. The highest BCUT2D eigenvalue weighted by Crippen LogP contribution is 2.38. The summed E-state index contributed by atoms with van der Waals surface area (Å²) in [5.41, 5.74) is 2.45. The van der Waals surface area contributed by atoms with Gasteiger partial charge in [-0.05, 0) is 64.1 Å². The normalized spacial score (nSPS) is 11.0. The van der Waals surface area contributed by atoms with E-state index in [0.29, 0.717) is 29.7 Å². The highest BCUT2D eigenvalue weighted by molar-refractivity contribution is 9.10.